The van der Waals surface area contributed by atoms with Gasteiger partial charge < -0.3 is 9.47 Å². The first-order chi connectivity index (χ1) is 13.7. The molecule has 2 aliphatic carbocycles. The molecule has 0 saturated heterocycles. The summed E-state index contributed by atoms with van der Waals surface area (Å²) in [6, 6.07) is 20.3. The Balaban J connectivity index is 0.000000161. The first kappa shape index (κ1) is 20.1. The van der Waals surface area contributed by atoms with E-state index in [0.29, 0.717) is 25.0 Å². The lowest BCUT2D eigenvalue weighted by atomic mass is 10.1. The molecule has 0 radical (unpaired) electrons. The van der Waals surface area contributed by atoms with Crippen molar-refractivity contribution in [3.8, 4) is 0 Å². The second kappa shape index (κ2) is 9.54. The van der Waals surface area contributed by atoms with E-state index in [0.717, 1.165) is 12.8 Å². The van der Waals surface area contributed by atoms with Crippen LogP contribution in [0.1, 0.15) is 49.7 Å². The predicted octanol–water partition coefficient (Wildman–Crippen LogP) is 4.71. The normalized spacial score (nSPS) is 24.4. The number of rotatable bonds is 6. The number of carbonyl (C=O) groups excluding carboxylic acids is 2. The molecule has 4 nitrogen and oxygen atoms in total. The molecule has 0 heterocycles. The molecule has 0 N–H and O–H groups in total. The van der Waals surface area contributed by atoms with E-state index in [-0.39, 0.29) is 23.8 Å². The average Bonchev–Trinajstić information content (AvgIpc) is 3.64. The first-order valence-corrected chi connectivity index (χ1v) is 10.1. The van der Waals surface area contributed by atoms with Gasteiger partial charge in [0.25, 0.3) is 0 Å². The lowest BCUT2D eigenvalue weighted by Gasteiger charge is -2.00. The van der Waals surface area contributed by atoms with Gasteiger partial charge in [0.15, 0.2) is 0 Å². The van der Waals surface area contributed by atoms with Gasteiger partial charge in [0, 0.05) is 0 Å². The van der Waals surface area contributed by atoms with Crippen molar-refractivity contribution in [2.45, 2.75) is 38.5 Å². The summed E-state index contributed by atoms with van der Waals surface area (Å²) in [5, 5.41) is 0. The van der Waals surface area contributed by atoms with Crippen molar-refractivity contribution in [1.29, 1.82) is 0 Å². The van der Waals surface area contributed by atoms with Gasteiger partial charge in [-0.2, -0.15) is 0 Å². The van der Waals surface area contributed by atoms with Crippen LogP contribution in [0.2, 0.25) is 0 Å². The third kappa shape index (κ3) is 5.22. The molecular formula is C24H28O4. The second-order valence-corrected chi connectivity index (χ2v) is 7.22. The Morgan fingerprint density at radius 2 is 1.07 bits per heavy atom. The van der Waals surface area contributed by atoms with Crippen molar-refractivity contribution in [2.24, 2.45) is 11.8 Å². The number of carbonyl (C=O) groups is 2. The zero-order chi connectivity index (χ0) is 19.9. The van der Waals surface area contributed by atoms with Gasteiger partial charge in [-0.15, -0.1) is 0 Å². The third-order valence-corrected chi connectivity index (χ3v) is 5.22. The summed E-state index contributed by atoms with van der Waals surface area (Å²) in [7, 11) is 0. The van der Waals surface area contributed by atoms with Crippen LogP contribution >= 0.6 is 0 Å². The number of hydrogen-bond acceptors (Lipinski definition) is 4. The van der Waals surface area contributed by atoms with Gasteiger partial charge in [0.1, 0.15) is 0 Å². The predicted molar refractivity (Wildman–Crippen MR) is 108 cm³/mol. The fraction of sp³-hybridized carbons (Fsp3) is 0.417. The average molecular weight is 380 g/mol. The van der Waals surface area contributed by atoms with Gasteiger partial charge in [0.2, 0.25) is 0 Å². The summed E-state index contributed by atoms with van der Waals surface area (Å²) >= 11 is 0. The molecule has 148 valence electrons. The first-order valence-electron chi connectivity index (χ1n) is 10.1. The highest BCUT2D eigenvalue weighted by atomic mass is 16.5. The van der Waals surface area contributed by atoms with Crippen molar-refractivity contribution in [1.82, 2.24) is 0 Å². The van der Waals surface area contributed by atoms with Crippen LogP contribution in [0.4, 0.5) is 0 Å². The molecule has 4 rings (SSSR count). The summed E-state index contributed by atoms with van der Waals surface area (Å²) in [5.74, 6) is 0.933. The van der Waals surface area contributed by atoms with Gasteiger partial charge in [-0.3, -0.25) is 9.59 Å². The van der Waals surface area contributed by atoms with Crippen LogP contribution in [0, 0.1) is 11.8 Å². The standard InChI is InChI=1S/2C12H14O2/c2*1-2-14-12(13)11-8-10(11)9-6-4-3-5-7-9/h2*3-7,10-11H,2,8H2,1H3/t2*10-,11-/m10/s1. The lowest BCUT2D eigenvalue weighted by molar-refractivity contribution is -0.145. The monoisotopic (exact) mass is 380 g/mol. The Bertz CT molecular complexity index is 704. The van der Waals surface area contributed by atoms with Crippen LogP contribution in [-0.4, -0.2) is 25.2 Å². The molecule has 2 aromatic carbocycles. The molecule has 28 heavy (non-hydrogen) atoms. The minimum Gasteiger partial charge on any atom is -0.466 e. The van der Waals surface area contributed by atoms with Crippen LogP contribution in [0.3, 0.4) is 0 Å². The van der Waals surface area contributed by atoms with E-state index in [1.165, 1.54) is 11.1 Å². The minimum absolute atomic E-state index is 0.0404. The van der Waals surface area contributed by atoms with Crippen LogP contribution in [0.5, 0.6) is 0 Å². The highest BCUT2D eigenvalue weighted by molar-refractivity contribution is 5.77. The van der Waals surface area contributed by atoms with E-state index in [1.807, 2.05) is 50.2 Å². The molecule has 0 unspecified atom stereocenters. The molecule has 0 aromatic heterocycles. The van der Waals surface area contributed by atoms with E-state index in [1.54, 1.807) is 0 Å². The van der Waals surface area contributed by atoms with Gasteiger partial charge in [0.05, 0.1) is 25.0 Å². The van der Waals surface area contributed by atoms with Crippen LogP contribution in [0.25, 0.3) is 0 Å². The van der Waals surface area contributed by atoms with Gasteiger partial charge >= 0.3 is 11.9 Å². The second-order valence-electron chi connectivity index (χ2n) is 7.22. The van der Waals surface area contributed by atoms with Crippen molar-refractivity contribution in [2.75, 3.05) is 13.2 Å². The van der Waals surface area contributed by atoms with E-state index < -0.39 is 0 Å². The Morgan fingerprint density at radius 3 is 1.39 bits per heavy atom. The van der Waals surface area contributed by atoms with Crippen molar-refractivity contribution < 1.29 is 19.1 Å². The number of benzene rings is 2. The molecule has 0 aliphatic heterocycles. The topological polar surface area (TPSA) is 52.6 Å². The summed E-state index contributed by atoms with van der Waals surface area (Å²) < 4.78 is 9.96. The molecule has 2 aliphatic rings. The van der Waals surface area contributed by atoms with E-state index in [2.05, 4.69) is 24.3 Å². The molecule has 4 heteroatoms. The maximum atomic E-state index is 11.4. The Hall–Kier alpha value is -2.62. The number of esters is 2. The van der Waals surface area contributed by atoms with Gasteiger partial charge in [-0.1, -0.05) is 60.7 Å². The maximum Gasteiger partial charge on any atom is 0.309 e. The van der Waals surface area contributed by atoms with E-state index >= 15 is 0 Å². The molecule has 2 saturated carbocycles. The maximum absolute atomic E-state index is 11.4. The Morgan fingerprint density at radius 1 is 0.714 bits per heavy atom. The molecule has 0 amide bonds. The van der Waals surface area contributed by atoms with Gasteiger partial charge in [-0.25, -0.2) is 0 Å². The molecule has 0 bridgehead atoms. The van der Waals surface area contributed by atoms with Crippen molar-refractivity contribution in [3.05, 3.63) is 71.8 Å². The van der Waals surface area contributed by atoms with Gasteiger partial charge in [-0.05, 0) is 49.7 Å². The third-order valence-electron chi connectivity index (χ3n) is 5.22. The SMILES string of the molecule is CCOC(=O)[C@@H]1C[C@@H]1c1ccccc1.CCOC(=O)[C@H]1C[C@H]1c1ccccc1. The largest absolute Gasteiger partial charge is 0.466 e. The Labute approximate surface area is 166 Å². The molecular weight excluding hydrogens is 352 g/mol. The fourth-order valence-corrected chi connectivity index (χ4v) is 3.55. The zero-order valence-electron chi connectivity index (χ0n) is 16.5. The van der Waals surface area contributed by atoms with Crippen LogP contribution < -0.4 is 0 Å². The van der Waals surface area contributed by atoms with Crippen LogP contribution in [-0.2, 0) is 19.1 Å². The summed E-state index contributed by atoms with van der Waals surface area (Å²) in [4.78, 5) is 22.7. The minimum atomic E-state index is -0.0404. The summed E-state index contributed by atoms with van der Waals surface area (Å²) in [6.07, 6.45) is 1.89. The van der Waals surface area contributed by atoms with E-state index in [4.69, 9.17) is 9.47 Å². The quantitative estimate of drug-likeness (QED) is 0.681. The summed E-state index contributed by atoms with van der Waals surface area (Å²) in [6.45, 7) is 4.66. The molecule has 0 spiro atoms. The van der Waals surface area contributed by atoms with Crippen LogP contribution in [0.15, 0.2) is 60.7 Å². The smallest absolute Gasteiger partial charge is 0.309 e. The zero-order valence-corrected chi connectivity index (χ0v) is 16.5. The van der Waals surface area contributed by atoms with E-state index in [9.17, 15) is 9.59 Å². The highest BCUT2D eigenvalue weighted by Crippen LogP contribution is 2.48. The highest BCUT2D eigenvalue weighted by Gasteiger charge is 2.45. The molecule has 4 atom stereocenters. The van der Waals surface area contributed by atoms with Crippen molar-refractivity contribution >= 4 is 11.9 Å². The summed E-state index contributed by atoms with van der Waals surface area (Å²) in [5.41, 5.74) is 2.51. The number of ether oxygens (including phenoxy) is 2. The number of hydrogen-bond donors (Lipinski definition) is 0. The fourth-order valence-electron chi connectivity index (χ4n) is 3.55. The molecule has 2 fully saturated rings. The lowest BCUT2D eigenvalue weighted by Crippen LogP contribution is -2.07. The Kier molecular flexibility index (Phi) is 6.85. The van der Waals surface area contributed by atoms with Crippen molar-refractivity contribution in [3.63, 3.8) is 0 Å². The molecule has 2 aromatic rings.